The number of aliphatic hydroxyl groups is 2. The van der Waals surface area contributed by atoms with Crippen LogP contribution in [0.25, 0.3) is 28.5 Å². The highest BCUT2D eigenvalue weighted by molar-refractivity contribution is 5.74. The van der Waals surface area contributed by atoms with Gasteiger partial charge in [0.25, 0.3) is 0 Å². The van der Waals surface area contributed by atoms with Gasteiger partial charge in [0.05, 0.1) is 18.4 Å². The summed E-state index contributed by atoms with van der Waals surface area (Å²) in [7, 11) is 0. The Bertz CT molecular complexity index is 927. The summed E-state index contributed by atoms with van der Waals surface area (Å²) in [5.41, 5.74) is 4.43. The summed E-state index contributed by atoms with van der Waals surface area (Å²) in [6.07, 6.45) is 6.93. The molecular formula is C19H15NO4. The van der Waals surface area contributed by atoms with Crippen molar-refractivity contribution in [2.75, 3.05) is 0 Å². The van der Waals surface area contributed by atoms with Gasteiger partial charge in [-0.05, 0) is 34.9 Å². The van der Waals surface area contributed by atoms with Crippen molar-refractivity contribution < 1.29 is 19.7 Å². The molecule has 0 saturated carbocycles. The monoisotopic (exact) mass is 321 g/mol. The highest BCUT2D eigenvalue weighted by atomic mass is 16.5. The maximum absolute atomic E-state index is 9.52. The van der Waals surface area contributed by atoms with Crippen molar-refractivity contribution in [2.45, 2.75) is 12.2 Å². The Morgan fingerprint density at radius 1 is 1.00 bits per heavy atom. The molecule has 24 heavy (non-hydrogen) atoms. The topological polar surface area (TPSA) is 86.7 Å². The number of aliphatic hydroxyl groups excluding tert-OH is 1. The molecule has 2 aromatic heterocycles. The Hall–Kier alpha value is -2.89. The molecule has 5 nitrogen and oxygen atoms in total. The molecule has 5 heteroatoms. The van der Waals surface area contributed by atoms with Crippen LogP contribution in [0.4, 0.5) is 0 Å². The van der Waals surface area contributed by atoms with Crippen molar-refractivity contribution in [3.05, 3.63) is 66.2 Å². The second-order valence-corrected chi connectivity index (χ2v) is 5.77. The Morgan fingerprint density at radius 3 is 2.67 bits per heavy atom. The first kappa shape index (κ1) is 14.7. The van der Waals surface area contributed by atoms with E-state index in [1.807, 2.05) is 30.3 Å². The predicted molar refractivity (Wildman–Crippen MR) is 89.0 cm³/mol. The van der Waals surface area contributed by atoms with Gasteiger partial charge in [0.1, 0.15) is 11.5 Å². The zero-order valence-electron chi connectivity index (χ0n) is 12.6. The average molecular weight is 321 g/mol. The van der Waals surface area contributed by atoms with Crippen molar-refractivity contribution in [1.29, 1.82) is 0 Å². The minimum atomic E-state index is -1.40. The van der Waals surface area contributed by atoms with Crippen LogP contribution in [-0.4, -0.2) is 26.6 Å². The molecule has 4 rings (SSSR count). The summed E-state index contributed by atoms with van der Waals surface area (Å²) in [5.74, 6) is 0.321. The van der Waals surface area contributed by atoms with Gasteiger partial charge in [0.2, 0.25) is 0 Å². The van der Waals surface area contributed by atoms with Crippen LogP contribution < -0.4 is 0 Å². The Morgan fingerprint density at radius 2 is 1.88 bits per heavy atom. The Balaban J connectivity index is 1.68. The number of pyridine rings is 1. The third kappa shape index (κ3) is 2.50. The largest absolute Gasteiger partial charge is 0.506 e. The van der Waals surface area contributed by atoms with E-state index in [1.165, 1.54) is 6.20 Å². The number of aromatic nitrogens is 1. The highest BCUT2D eigenvalue weighted by Gasteiger charge is 2.23. The first-order valence-corrected chi connectivity index (χ1v) is 7.53. The van der Waals surface area contributed by atoms with E-state index in [-0.39, 0.29) is 11.7 Å². The van der Waals surface area contributed by atoms with Gasteiger partial charge in [-0.1, -0.05) is 24.3 Å². The van der Waals surface area contributed by atoms with Gasteiger partial charge in [-0.3, -0.25) is 4.98 Å². The molecule has 0 aliphatic heterocycles. The van der Waals surface area contributed by atoms with Gasteiger partial charge in [-0.25, -0.2) is 0 Å². The maximum atomic E-state index is 9.52. The standard InChI is InChI=1S/C19H15NO4/c21-15-6-13(8-20-9-15)18-7-14(10-24-18)11-1-3-16-12(5-11)2-4-17(16)19(22)23/h1-10,17,19,21-23H. The van der Waals surface area contributed by atoms with Gasteiger partial charge in [-0.2, -0.15) is 0 Å². The molecule has 120 valence electrons. The first-order chi connectivity index (χ1) is 11.6. The maximum Gasteiger partial charge on any atom is 0.161 e. The van der Waals surface area contributed by atoms with Crippen molar-refractivity contribution in [2.24, 2.45) is 0 Å². The molecule has 0 amide bonds. The summed E-state index contributed by atoms with van der Waals surface area (Å²) in [6.45, 7) is 0. The zero-order chi connectivity index (χ0) is 16.7. The number of hydrogen-bond donors (Lipinski definition) is 3. The molecule has 0 spiro atoms. The van der Waals surface area contributed by atoms with Gasteiger partial charge >= 0.3 is 0 Å². The van der Waals surface area contributed by atoms with E-state index >= 15 is 0 Å². The lowest BCUT2D eigenvalue weighted by atomic mass is 9.96. The second kappa shape index (κ2) is 5.63. The van der Waals surface area contributed by atoms with Crippen molar-refractivity contribution in [1.82, 2.24) is 4.98 Å². The fourth-order valence-corrected chi connectivity index (χ4v) is 2.97. The quantitative estimate of drug-likeness (QED) is 0.645. The van der Waals surface area contributed by atoms with E-state index in [2.05, 4.69) is 4.98 Å². The molecule has 1 atom stereocenters. The normalized spacial score (nSPS) is 15.9. The minimum absolute atomic E-state index is 0.0849. The Kier molecular flexibility index (Phi) is 3.45. The fraction of sp³-hybridized carbons (Fsp3) is 0.105. The highest BCUT2D eigenvalue weighted by Crippen LogP contribution is 2.36. The predicted octanol–water partition coefficient (Wildman–Crippen LogP) is 3.14. The van der Waals surface area contributed by atoms with Crippen molar-refractivity contribution >= 4 is 6.08 Å². The molecule has 1 aliphatic rings. The summed E-state index contributed by atoms with van der Waals surface area (Å²) in [6, 6.07) is 9.29. The molecule has 3 N–H and O–H groups in total. The van der Waals surface area contributed by atoms with Crippen LogP contribution in [0.15, 0.2) is 59.5 Å². The van der Waals surface area contributed by atoms with Crippen molar-refractivity contribution in [3.8, 4) is 28.2 Å². The SMILES string of the molecule is Oc1cncc(-c2cc(-c3ccc4c(c3)C=CC4C(O)O)co2)c1. The van der Waals surface area contributed by atoms with Crippen LogP contribution >= 0.6 is 0 Å². The molecule has 0 bridgehead atoms. The van der Waals surface area contributed by atoms with E-state index < -0.39 is 6.29 Å². The molecule has 1 aliphatic carbocycles. The smallest absolute Gasteiger partial charge is 0.161 e. The molecule has 2 heterocycles. The van der Waals surface area contributed by atoms with Gasteiger partial charge in [0.15, 0.2) is 6.29 Å². The average Bonchev–Trinajstić information content (AvgIpc) is 3.21. The second-order valence-electron chi connectivity index (χ2n) is 5.77. The van der Waals surface area contributed by atoms with Crippen LogP contribution in [0.1, 0.15) is 17.0 Å². The number of fused-ring (bicyclic) bond motifs is 1. The molecule has 0 fully saturated rings. The van der Waals surface area contributed by atoms with Crippen LogP contribution in [0.5, 0.6) is 5.75 Å². The molecule has 1 aromatic carbocycles. The van der Waals surface area contributed by atoms with Crippen LogP contribution in [0, 0.1) is 0 Å². The summed E-state index contributed by atoms with van der Waals surface area (Å²) >= 11 is 0. The number of aromatic hydroxyl groups is 1. The molecular weight excluding hydrogens is 306 g/mol. The zero-order valence-corrected chi connectivity index (χ0v) is 12.6. The van der Waals surface area contributed by atoms with E-state index in [0.717, 1.165) is 22.3 Å². The number of rotatable bonds is 3. The molecule has 0 radical (unpaired) electrons. The van der Waals surface area contributed by atoms with E-state index in [0.29, 0.717) is 11.3 Å². The summed E-state index contributed by atoms with van der Waals surface area (Å²) < 4.78 is 5.59. The molecule has 1 unspecified atom stereocenters. The number of benzene rings is 1. The van der Waals surface area contributed by atoms with Crippen molar-refractivity contribution in [3.63, 3.8) is 0 Å². The third-order valence-corrected chi connectivity index (χ3v) is 4.19. The van der Waals surface area contributed by atoms with Gasteiger partial charge in [0, 0.05) is 17.3 Å². The lowest BCUT2D eigenvalue weighted by molar-refractivity contribution is -0.0490. The van der Waals surface area contributed by atoms with E-state index in [4.69, 9.17) is 4.42 Å². The molecule has 0 saturated heterocycles. The first-order valence-electron chi connectivity index (χ1n) is 7.53. The lowest BCUT2D eigenvalue weighted by Crippen LogP contribution is -2.14. The lowest BCUT2D eigenvalue weighted by Gasteiger charge is -2.13. The number of furan rings is 1. The minimum Gasteiger partial charge on any atom is -0.506 e. The van der Waals surface area contributed by atoms with E-state index in [1.54, 1.807) is 24.6 Å². The van der Waals surface area contributed by atoms with Gasteiger partial charge in [-0.15, -0.1) is 0 Å². The van der Waals surface area contributed by atoms with Crippen LogP contribution in [0.2, 0.25) is 0 Å². The summed E-state index contributed by atoms with van der Waals surface area (Å²) in [5, 5.41) is 28.3. The van der Waals surface area contributed by atoms with E-state index in [9.17, 15) is 15.3 Å². The number of nitrogens with zero attached hydrogens (tertiary/aromatic N) is 1. The molecule has 3 aromatic rings. The summed E-state index contributed by atoms with van der Waals surface area (Å²) in [4.78, 5) is 3.95. The van der Waals surface area contributed by atoms with Crippen LogP contribution in [0.3, 0.4) is 0 Å². The number of hydrogen-bond acceptors (Lipinski definition) is 5. The van der Waals surface area contributed by atoms with Crippen LogP contribution in [-0.2, 0) is 0 Å². The third-order valence-electron chi connectivity index (χ3n) is 4.19. The Labute approximate surface area is 138 Å². The fourth-order valence-electron chi connectivity index (χ4n) is 2.97. The van der Waals surface area contributed by atoms with Gasteiger partial charge < -0.3 is 19.7 Å².